The Hall–Kier alpha value is -2.87. The summed E-state index contributed by atoms with van der Waals surface area (Å²) in [6.45, 7) is 0.0949. The van der Waals surface area contributed by atoms with Crippen LogP contribution in [-0.2, 0) is 0 Å². The van der Waals surface area contributed by atoms with Crippen LogP contribution >= 0.6 is 0 Å². The van der Waals surface area contributed by atoms with Gasteiger partial charge in [0.25, 0.3) is 0 Å². The lowest BCUT2D eigenvalue weighted by Gasteiger charge is -2.05. The highest BCUT2D eigenvalue weighted by Crippen LogP contribution is 2.11. The van der Waals surface area contributed by atoms with Crippen LogP contribution in [0.15, 0.2) is 48.5 Å². The molecule has 0 saturated heterocycles. The summed E-state index contributed by atoms with van der Waals surface area (Å²) in [6, 6.07) is 11.0. The molecule has 3 nitrogen and oxygen atoms in total. The smallest absolute Gasteiger partial charge is 0.320 e. The zero-order valence-corrected chi connectivity index (χ0v) is 11.0. The van der Waals surface area contributed by atoms with Crippen LogP contribution in [0.2, 0.25) is 0 Å². The van der Waals surface area contributed by atoms with Gasteiger partial charge in [-0.1, -0.05) is 24.0 Å². The number of nitrogens with one attached hydrogen (secondary N) is 2. The van der Waals surface area contributed by atoms with Crippen molar-refractivity contribution in [2.75, 3.05) is 11.9 Å². The molecule has 0 fully saturated rings. The van der Waals surface area contributed by atoms with Gasteiger partial charge < -0.3 is 10.6 Å². The molecule has 2 N–H and O–H groups in total. The predicted molar refractivity (Wildman–Crippen MR) is 76.7 cm³/mol. The minimum absolute atomic E-state index is 0.0949. The molecule has 21 heavy (non-hydrogen) atoms. The Balaban J connectivity index is 1.82. The van der Waals surface area contributed by atoms with E-state index < -0.39 is 11.8 Å². The number of hydrogen-bond acceptors (Lipinski definition) is 1. The van der Waals surface area contributed by atoms with E-state index in [2.05, 4.69) is 22.5 Å². The van der Waals surface area contributed by atoms with Crippen molar-refractivity contribution >= 4 is 11.7 Å². The van der Waals surface area contributed by atoms with E-state index in [1.165, 1.54) is 30.3 Å². The van der Waals surface area contributed by atoms with Gasteiger partial charge in [-0.25, -0.2) is 13.6 Å². The van der Waals surface area contributed by atoms with Gasteiger partial charge in [-0.3, -0.25) is 0 Å². The molecule has 5 heteroatoms. The molecule has 0 aromatic heterocycles. The molecule has 2 aromatic rings. The maximum absolute atomic E-state index is 13.3. The van der Waals surface area contributed by atoms with Gasteiger partial charge in [-0.05, 0) is 36.4 Å². The topological polar surface area (TPSA) is 41.1 Å². The number of carbonyl (C=O) groups excluding carboxylic acids is 1. The Kier molecular flexibility index (Phi) is 4.89. The van der Waals surface area contributed by atoms with Crippen molar-refractivity contribution in [1.29, 1.82) is 0 Å². The Morgan fingerprint density at radius 3 is 2.48 bits per heavy atom. The van der Waals surface area contributed by atoms with E-state index in [1.54, 1.807) is 18.2 Å². The number of benzene rings is 2. The van der Waals surface area contributed by atoms with Gasteiger partial charge in [-0.15, -0.1) is 0 Å². The van der Waals surface area contributed by atoms with Gasteiger partial charge in [0, 0.05) is 5.56 Å². The van der Waals surface area contributed by atoms with Gasteiger partial charge in [-0.2, -0.15) is 0 Å². The lowest BCUT2D eigenvalue weighted by Crippen LogP contribution is -2.29. The molecule has 2 aromatic carbocycles. The van der Waals surface area contributed by atoms with E-state index in [1.807, 2.05) is 0 Å². The van der Waals surface area contributed by atoms with Gasteiger partial charge >= 0.3 is 6.03 Å². The Bertz CT molecular complexity index is 687. The molecule has 2 amide bonds. The number of rotatable bonds is 2. The summed E-state index contributed by atoms with van der Waals surface area (Å²) in [5.74, 6) is 4.64. The van der Waals surface area contributed by atoms with Crippen molar-refractivity contribution in [3.8, 4) is 11.8 Å². The van der Waals surface area contributed by atoms with E-state index in [-0.39, 0.29) is 18.0 Å². The average Bonchev–Trinajstić information content (AvgIpc) is 2.48. The van der Waals surface area contributed by atoms with Crippen LogP contribution in [-0.4, -0.2) is 12.6 Å². The number of amides is 2. The van der Waals surface area contributed by atoms with Crippen LogP contribution in [0.4, 0.5) is 19.3 Å². The first-order valence-electron chi connectivity index (χ1n) is 6.19. The summed E-state index contributed by atoms with van der Waals surface area (Å²) in [5.41, 5.74) is 0.745. The highest BCUT2D eigenvalue weighted by atomic mass is 19.1. The van der Waals surface area contributed by atoms with Crippen LogP contribution in [0.3, 0.4) is 0 Å². The summed E-state index contributed by atoms with van der Waals surface area (Å²) in [7, 11) is 0. The monoisotopic (exact) mass is 286 g/mol. The molecule has 0 aliphatic rings. The highest BCUT2D eigenvalue weighted by Gasteiger charge is 2.03. The van der Waals surface area contributed by atoms with Crippen LogP contribution in [0.5, 0.6) is 0 Å². The minimum atomic E-state index is -0.548. The van der Waals surface area contributed by atoms with Crippen molar-refractivity contribution in [3.05, 3.63) is 65.7 Å². The Morgan fingerprint density at radius 2 is 1.76 bits per heavy atom. The van der Waals surface area contributed by atoms with E-state index in [9.17, 15) is 13.6 Å². The quantitative estimate of drug-likeness (QED) is 0.818. The van der Waals surface area contributed by atoms with E-state index in [0.29, 0.717) is 5.56 Å². The number of urea groups is 1. The molecule has 0 unspecified atom stereocenters. The first kappa shape index (κ1) is 14.5. The number of hydrogen-bond donors (Lipinski definition) is 2. The first-order valence-corrected chi connectivity index (χ1v) is 6.19. The van der Waals surface area contributed by atoms with E-state index in [4.69, 9.17) is 0 Å². The van der Waals surface area contributed by atoms with E-state index in [0.717, 1.165) is 0 Å². The summed E-state index contributed by atoms with van der Waals surface area (Å²) in [6.07, 6.45) is 0. The molecular weight excluding hydrogens is 274 g/mol. The summed E-state index contributed by atoms with van der Waals surface area (Å²) < 4.78 is 26.0. The SMILES string of the molecule is O=C(NCC#Cc1ccc(F)cc1)Nc1ccccc1F. The molecular formula is C16H12F2N2O. The highest BCUT2D eigenvalue weighted by molar-refractivity contribution is 5.89. The third-order valence-electron chi connectivity index (χ3n) is 2.54. The molecule has 0 atom stereocenters. The molecule has 0 spiro atoms. The summed E-state index contributed by atoms with van der Waals surface area (Å²) in [4.78, 5) is 11.5. The van der Waals surface area contributed by atoms with Crippen molar-refractivity contribution in [2.45, 2.75) is 0 Å². The largest absolute Gasteiger partial charge is 0.327 e. The second-order valence-corrected chi connectivity index (χ2v) is 4.10. The first-order chi connectivity index (χ1) is 10.1. The predicted octanol–water partition coefficient (Wildman–Crippen LogP) is 3.14. The number of para-hydroxylation sites is 1. The molecule has 0 heterocycles. The molecule has 0 radical (unpaired) electrons. The fourth-order valence-corrected chi connectivity index (χ4v) is 1.53. The second kappa shape index (κ2) is 7.06. The van der Waals surface area contributed by atoms with Crippen LogP contribution in [0.25, 0.3) is 0 Å². The standard InChI is InChI=1S/C16H12F2N2O/c17-13-9-7-12(8-10-13)4-3-11-19-16(21)20-15-6-2-1-5-14(15)18/h1-2,5-10H,11H2,(H2,19,20,21). The third kappa shape index (κ3) is 4.62. The van der Waals surface area contributed by atoms with Crippen LogP contribution in [0, 0.1) is 23.5 Å². The minimum Gasteiger partial charge on any atom is -0.327 e. The second-order valence-electron chi connectivity index (χ2n) is 4.10. The van der Waals surface area contributed by atoms with Crippen molar-refractivity contribution in [3.63, 3.8) is 0 Å². The maximum atomic E-state index is 13.3. The lowest BCUT2D eigenvalue weighted by molar-refractivity contribution is 0.253. The Labute approximate surface area is 121 Å². The van der Waals surface area contributed by atoms with Crippen LogP contribution in [0.1, 0.15) is 5.56 Å². The van der Waals surface area contributed by atoms with Crippen molar-refractivity contribution < 1.29 is 13.6 Å². The van der Waals surface area contributed by atoms with Gasteiger partial charge in [0.2, 0.25) is 0 Å². The zero-order chi connectivity index (χ0) is 15.1. The van der Waals surface area contributed by atoms with E-state index >= 15 is 0 Å². The number of anilines is 1. The molecule has 106 valence electrons. The fourth-order valence-electron chi connectivity index (χ4n) is 1.53. The summed E-state index contributed by atoms with van der Waals surface area (Å²) >= 11 is 0. The average molecular weight is 286 g/mol. The van der Waals surface area contributed by atoms with Gasteiger partial charge in [0.05, 0.1) is 12.2 Å². The molecule has 0 aliphatic heterocycles. The Morgan fingerprint density at radius 1 is 1.05 bits per heavy atom. The zero-order valence-electron chi connectivity index (χ0n) is 11.0. The van der Waals surface area contributed by atoms with Gasteiger partial charge in [0.15, 0.2) is 0 Å². The molecule has 2 rings (SSSR count). The maximum Gasteiger partial charge on any atom is 0.320 e. The van der Waals surface area contributed by atoms with Crippen molar-refractivity contribution in [2.24, 2.45) is 0 Å². The fraction of sp³-hybridized carbons (Fsp3) is 0.0625. The molecule has 0 bridgehead atoms. The van der Waals surface area contributed by atoms with Crippen LogP contribution < -0.4 is 10.6 Å². The van der Waals surface area contributed by atoms with Crippen molar-refractivity contribution in [1.82, 2.24) is 5.32 Å². The number of carbonyl (C=O) groups is 1. The molecule has 0 aliphatic carbocycles. The third-order valence-corrected chi connectivity index (χ3v) is 2.54. The normalized spacial score (nSPS) is 9.43. The lowest BCUT2D eigenvalue weighted by atomic mass is 10.2. The van der Waals surface area contributed by atoms with Gasteiger partial charge in [0.1, 0.15) is 11.6 Å². The molecule has 0 saturated carbocycles. The summed E-state index contributed by atoms with van der Waals surface area (Å²) in [5, 5.41) is 4.85. The number of halogens is 2.